The Morgan fingerprint density at radius 2 is 2.32 bits per heavy atom. The summed E-state index contributed by atoms with van der Waals surface area (Å²) in [6.45, 7) is 3.90. The van der Waals surface area contributed by atoms with Gasteiger partial charge in [0.25, 0.3) is 0 Å². The van der Waals surface area contributed by atoms with Gasteiger partial charge in [0, 0.05) is 57.0 Å². The lowest BCUT2D eigenvalue weighted by atomic mass is 10.1. The van der Waals surface area contributed by atoms with E-state index in [2.05, 4.69) is 10.1 Å². The van der Waals surface area contributed by atoms with Gasteiger partial charge in [-0.05, 0) is 6.92 Å². The third-order valence-corrected chi connectivity index (χ3v) is 4.05. The van der Waals surface area contributed by atoms with Crippen molar-refractivity contribution in [3.8, 4) is 11.3 Å². The third kappa shape index (κ3) is 2.76. The lowest BCUT2D eigenvalue weighted by Gasteiger charge is -2.15. The van der Waals surface area contributed by atoms with Crippen LogP contribution in [0.2, 0.25) is 0 Å². The number of likely N-dealkylation sites (tertiary alicyclic amines) is 1. The minimum atomic E-state index is 0.119. The van der Waals surface area contributed by atoms with Gasteiger partial charge >= 0.3 is 0 Å². The van der Waals surface area contributed by atoms with Crippen LogP contribution in [0.3, 0.4) is 0 Å². The predicted molar refractivity (Wildman–Crippen MR) is 81.3 cm³/mol. The van der Waals surface area contributed by atoms with Crippen LogP contribution in [0.5, 0.6) is 0 Å². The average Bonchev–Trinajstić information content (AvgIpc) is 3.16. The number of carbonyl (C=O) groups is 1. The molecule has 7 nitrogen and oxygen atoms in total. The summed E-state index contributed by atoms with van der Waals surface area (Å²) in [5.41, 5.74) is 2.90. The second-order valence-corrected chi connectivity index (χ2v) is 5.73. The highest BCUT2D eigenvalue weighted by molar-refractivity contribution is 5.79. The van der Waals surface area contributed by atoms with Crippen LogP contribution in [0.1, 0.15) is 23.9 Å². The van der Waals surface area contributed by atoms with Crippen LogP contribution in [0, 0.1) is 6.92 Å². The number of H-pyrrole nitrogens is 1. The number of hydrogen-bond donors (Lipinski definition) is 1. The van der Waals surface area contributed by atoms with Crippen molar-refractivity contribution in [2.75, 3.05) is 26.8 Å². The maximum atomic E-state index is 12.0. The summed E-state index contributed by atoms with van der Waals surface area (Å²) >= 11 is 0. The molecular weight excluding hydrogens is 282 g/mol. The molecule has 22 heavy (non-hydrogen) atoms. The third-order valence-electron chi connectivity index (χ3n) is 4.05. The summed E-state index contributed by atoms with van der Waals surface area (Å²) in [6, 6.07) is 0. The number of aryl methyl sites for hydroxylation is 2. The first-order chi connectivity index (χ1) is 10.6. The fourth-order valence-corrected chi connectivity index (χ4v) is 2.87. The molecule has 1 saturated heterocycles. The molecule has 0 radical (unpaired) electrons. The van der Waals surface area contributed by atoms with E-state index in [1.165, 1.54) is 0 Å². The molecule has 3 heterocycles. The average molecular weight is 303 g/mol. The zero-order chi connectivity index (χ0) is 15.7. The van der Waals surface area contributed by atoms with E-state index in [4.69, 9.17) is 9.72 Å². The first kappa shape index (κ1) is 14.8. The van der Waals surface area contributed by atoms with Gasteiger partial charge in [0.15, 0.2) is 0 Å². The molecule has 7 heteroatoms. The fraction of sp³-hybridized carbons (Fsp3) is 0.533. The van der Waals surface area contributed by atoms with Crippen LogP contribution in [-0.2, 0) is 16.6 Å². The normalized spacial score (nSPS) is 18.4. The number of amides is 1. The minimum Gasteiger partial charge on any atom is -0.383 e. The van der Waals surface area contributed by atoms with Crippen LogP contribution in [-0.4, -0.2) is 57.4 Å². The molecule has 0 spiro atoms. The van der Waals surface area contributed by atoms with E-state index in [1.54, 1.807) is 18.0 Å². The van der Waals surface area contributed by atoms with Gasteiger partial charge < -0.3 is 14.6 Å². The van der Waals surface area contributed by atoms with Crippen molar-refractivity contribution in [1.29, 1.82) is 0 Å². The van der Waals surface area contributed by atoms with E-state index in [-0.39, 0.29) is 11.8 Å². The summed E-state index contributed by atoms with van der Waals surface area (Å²) in [5, 5.41) is 4.19. The summed E-state index contributed by atoms with van der Waals surface area (Å²) in [7, 11) is 3.53. The highest BCUT2D eigenvalue weighted by Crippen LogP contribution is 2.29. The van der Waals surface area contributed by atoms with Crippen molar-refractivity contribution in [2.24, 2.45) is 7.05 Å². The highest BCUT2D eigenvalue weighted by Gasteiger charge is 2.32. The van der Waals surface area contributed by atoms with Gasteiger partial charge in [0.2, 0.25) is 5.91 Å². The number of imidazole rings is 1. The Kier molecular flexibility index (Phi) is 3.98. The second-order valence-electron chi connectivity index (χ2n) is 5.73. The Morgan fingerprint density at radius 1 is 1.50 bits per heavy atom. The molecule has 1 N–H and O–H groups in total. The standard InChI is InChI=1S/C15H21N5O2/c1-10-14(12-7-16-19(2)8-12)18-15(17-10)11-6-13(21)20(9-11)4-5-22-3/h7-8,11H,4-6,9H2,1-3H3,(H,17,18). The Morgan fingerprint density at radius 3 is 3.00 bits per heavy atom. The molecule has 0 aromatic carbocycles. The Labute approximate surface area is 129 Å². The van der Waals surface area contributed by atoms with Crippen molar-refractivity contribution in [2.45, 2.75) is 19.3 Å². The Bertz CT molecular complexity index is 675. The fourth-order valence-electron chi connectivity index (χ4n) is 2.87. The molecule has 3 rings (SSSR count). The monoisotopic (exact) mass is 303 g/mol. The molecule has 118 valence electrons. The SMILES string of the molecule is COCCN1CC(c2nc(-c3cnn(C)c3)c(C)[nH]2)CC1=O. The predicted octanol–water partition coefficient (Wildman–Crippen LogP) is 1.08. The largest absolute Gasteiger partial charge is 0.383 e. The molecule has 0 saturated carbocycles. The number of rotatable bonds is 5. The van der Waals surface area contributed by atoms with E-state index in [9.17, 15) is 4.79 Å². The number of methoxy groups -OCH3 is 1. The second kappa shape index (κ2) is 5.92. The van der Waals surface area contributed by atoms with Gasteiger partial charge in [-0.15, -0.1) is 0 Å². The van der Waals surface area contributed by atoms with Gasteiger partial charge in [-0.3, -0.25) is 9.48 Å². The number of hydrogen-bond acceptors (Lipinski definition) is 4. The van der Waals surface area contributed by atoms with Gasteiger partial charge in [0.1, 0.15) is 5.82 Å². The van der Waals surface area contributed by atoms with E-state index in [0.29, 0.717) is 26.1 Å². The molecule has 0 bridgehead atoms. The zero-order valence-electron chi connectivity index (χ0n) is 13.2. The molecule has 1 aliphatic rings. The molecule has 1 fully saturated rings. The van der Waals surface area contributed by atoms with Crippen LogP contribution in [0.15, 0.2) is 12.4 Å². The lowest BCUT2D eigenvalue weighted by Crippen LogP contribution is -2.28. The molecule has 1 aliphatic heterocycles. The number of nitrogens with one attached hydrogen (secondary N) is 1. The molecule has 1 amide bonds. The molecule has 2 aromatic rings. The van der Waals surface area contributed by atoms with Crippen molar-refractivity contribution in [3.63, 3.8) is 0 Å². The first-order valence-electron chi connectivity index (χ1n) is 7.40. The van der Waals surface area contributed by atoms with E-state index in [0.717, 1.165) is 22.8 Å². The maximum Gasteiger partial charge on any atom is 0.223 e. The van der Waals surface area contributed by atoms with Crippen LogP contribution >= 0.6 is 0 Å². The van der Waals surface area contributed by atoms with Gasteiger partial charge in [0.05, 0.1) is 18.5 Å². The lowest BCUT2D eigenvalue weighted by molar-refractivity contribution is -0.128. The van der Waals surface area contributed by atoms with Crippen LogP contribution in [0.25, 0.3) is 11.3 Å². The first-order valence-corrected chi connectivity index (χ1v) is 7.40. The number of carbonyl (C=O) groups excluding carboxylic acids is 1. The van der Waals surface area contributed by atoms with E-state index < -0.39 is 0 Å². The van der Waals surface area contributed by atoms with Crippen molar-refractivity contribution in [3.05, 3.63) is 23.9 Å². The van der Waals surface area contributed by atoms with E-state index in [1.807, 2.05) is 25.1 Å². The van der Waals surface area contributed by atoms with Gasteiger partial charge in [-0.1, -0.05) is 0 Å². The van der Waals surface area contributed by atoms with E-state index >= 15 is 0 Å². The quantitative estimate of drug-likeness (QED) is 0.897. The summed E-state index contributed by atoms with van der Waals surface area (Å²) in [6.07, 6.45) is 4.25. The molecule has 1 unspecified atom stereocenters. The molecule has 0 aliphatic carbocycles. The molecule has 2 aromatic heterocycles. The number of ether oxygens (including phenoxy) is 1. The summed E-state index contributed by atoms with van der Waals surface area (Å²) in [4.78, 5) is 21.9. The van der Waals surface area contributed by atoms with Crippen molar-refractivity contribution < 1.29 is 9.53 Å². The topological polar surface area (TPSA) is 76.0 Å². The molecule has 1 atom stereocenters. The highest BCUT2D eigenvalue weighted by atomic mass is 16.5. The Hall–Kier alpha value is -2.15. The summed E-state index contributed by atoms with van der Waals surface area (Å²) in [5.74, 6) is 1.16. The van der Waals surface area contributed by atoms with Crippen molar-refractivity contribution in [1.82, 2.24) is 24.6 Å². The molecular formula is C15H21N5O2. The minimum absolute atomic E-state index is 0.119. The number of aromatic amines is 1. The zero-order valence-corrected chi connectivity index (χ0v) is 13.2. The number of nitrogens with zero attached hydrogens (tertiary/aromatic N) is 4. The smallest absolute Gasteiger partial charge is 0.223 e. The van der Waals surface area contributed by atoms with Crippen molar-refractivity contribution >= 4 is 5.91 Å². The van der Waals surface area contributed by atoms with Crippen LogP contribution < -0.4 is 0 Å². The van der Waals surface area contributed by atoms with Gasteiger partial charge in [-0.25, -0.2) is 4.98 Å². The maximum absolute atomic E-state index is 12.0. The van der Waals surface area contributed by atoms with Gasteiger partial charge in [-0.2, -0.15) is 5.10 Å². The Balaban J connectivity index is 1.78. The van der Waals surface area contributed by atoms with Crippen LogP contribution in [0.4, 0.5) is 0 Å². The number of aromatic nitrogens is 4. The summed E-state index contributed by atoms with van der Waals surface area (Å²) < 4.78 is 6.81.